The van der Waals surface area contributed by atoms with Crippen molar-refractivity contribution in [2.45, 2.75) is 45.2 Å². The van der Waals surface area contributed by atoms with Crippen molar-refractivity contribution in [2.75, 3.05) is 6.61 Å². The van der Waals surface area contributed by atoms with Crippen LogP contribution >= 0.6 is 0 Å². The van der Waals surface area contributed by atoms with Crippen LogP contribution in [0.25, 0.3) is 5.69 Å². The van der Waals surface area contributed by atoms with E-state index in [1.165, 1.54) is 0 Å². The third-order valence-electron chi connectivity index (χ3n) is 6.40. The average molecular weight is 457 g/mol. The molecule has 0 N–H and O–H groups in total. The van der Waals surface area contributed by atoms with Gasteiger partial charge in [-0.15, -0.1) is 0 Å². The Morgan fingerprint density at radius 1 is 1.12 bits per heavy atom. The van der Waals surface area contributed by atoms with Crippen molar-refractivity contribution >= 4 is 5.91 Å². The molecule has 3 aromatic heterocycles. The smallest absolute Gasteiger partial charge is 0.275 e. The molecule has 2 fully saturated rings. The van der Waals surface area contributed by atoms with Crippen LogP contribution in [0.15, 0.2) is 30.6 Å². The molecular weight excluding hydrogens is 435 g/mol. The number of hydrogen-bond donors (Lipinski definition) is 0. The first-order chi connectivity index (χ1) is 15.8. The van der Waals surface area contributed by atoms with Gasteiger partial charge in [0, 0.05) is 29.9 Å². The minimum Gasteiger partial charge on any atom is -0.475 e. The van der Waals surface area contributed by atoms with Gasteiger partial charge in [0.2, 0.25) is 11.6 Å². The largest absolute Gasteiger partial charge is 0.475 e. The van der Waals surface area contributed by atoms with Crippen LogP contribution in [0.1, 0.15) is 41.1 Å². The van der Waals surface area contributed by atoms with Crippen LogP contribution in [0, 0.1) is 37.2 Å². The Balaban J connectivity index is 1.37. The molecule has 0 saturated carbocycles. The zero-order valence-electron chi connectivity index (χ0n) is 18.1. The fraction of sp³-hybridized carbons (Fsp3) is 0.391. The summed E-state index contributed by atoms with van der Waals surface area (Å²) < 4.78 is 47.5. The summed E-state index contributed by atoms with van der Waals surface area (Å²) in [6.45, 7) is 3.75. The predicted octanol–water partition coefficient (Wildman–Crippen LogP) is 3.77. The van der Waals surface area contributed by atoms with Gasteiger partial charge in [0.15, 0.2) is 11.5 Å². The molecule has 5 rings (SSSR count). The van der Waals surface area contributed by atoms with Crippen molar-refractivity contribution in [3.8, 4) is 11.6 Å². The topological polar surface area (TPSA) is 73.1 Å². The summed E-state index contributed by atoms with van der Waals surface area (Å²) >= 11 is 0. The number of halogens is 3. The SMILES string of the molecule is Cc1ccc(-n2ccc(C)n2)c(C(=O)N2C3CCC2C(COc2ncc(F)c(F)c2F)C3)n1. The lowest BCUT2D eigenvalue weighted by atomic mass is 9.90. The summed E-state index contributed by atoms with van der Waals surface area (Å²) in [5.74, 6) is -5.28. The first kappa shape index (κ1) is 21.4. The second-order valence-electron chi connectivity index (χ2n) is 8.58. The fourth-order valence-corrected chi connectivity index (χ4v) is 4.89. The van der Waals surface area contributed by atoms with Crippen LogP contribution in [-0.4, -0.2) is 49.2 Å². The lowest BCUT2D eigenvalue weighted by molar-refractivity contribution is 0.0702. The van der Waals surface area contributed by atoms with Crippen LogP contribution in [0.4, 0.5) is 13.2 Å². The van der Waals surface area contributed by atoms with Gasteiger partial charge < -0.3 is 9.64 Å². The molecule has 5 heterocycles. The molecule has 0 spiro atoms. The van der Waals surface area contributed by atoms with Crippen LogP contribution in [0.5, 0.6) is 5.88 Å². The number of amides is 1. The first-order valence-electron chi connectivity index (χ1n) is 10.8. The molecule has 2 bridgehead atoms. The van der Waals surface area contributed by atoms with E-state index in [1.54, 1.807) is 10.9 Å². The Bertz CT molecular complexity index is 1230. The first-order valence-corrected chi connectivity index (χ1v) is 10.8. The molecule has 10 heteroatoms. The Morgan fingerprint density at radius 3 is 2.70 bits per heavy atom. The Kier molecular flexibility index (Phi) is 5.30. The quantitative estimate of drug-likeness (QED) is 0.583. The number of aryl methyl sites for hydroxylation is 2. The van der Waals surface area contributed by atoms with E-state index in [1.807, 2.05) is 36.9 Å². The van der Waals surface area contributed by atoms with E-state index in [4.69, 9.17) is 4.74 Å². The number of pyridine rings is 2. The van der Waals surface area contributed by atoms with Crippen molar-refractivity contribution in [1.82, 2.24) is 24.6 Å². The van der Waals surface area contributed by atoms with Crippen LogP contribution < -0.4 is 4.74 Å². The molecule has 0 aromatic carbocycles. The van der Waals surface area contributed by atoms with E-state index in [9.17, 15) is 18.0 Å². The van der Waals surface area contributed by atoms with E-state index in [2.05, 4.69) is 15.1 Å². The zero-order valence-corrected chi connectivity index (χ0v) is 18.1. The van der Waals surface area contributed by atoms with Gasteiger partial charge in [-0.2, -0.15) is 9.49 Å². The number of aromatic nitrogens is 4. The number of ether oxygens (including phenoxy) is 1. The van der Waals surface area contributed by atoms with Crippen molar-refractivity contribution in [2.24, 2.45) is 5.92 Å². The van der Waals surface area contributed by atoms with E-state index in [-0.39, 0.29) is 30.5 Å². The molecule has 1 amide bonds. The lowest BCUT2D eigenvalue weighted by Gasteiger charge is -2.25. The number of carbonyl (C=O) groups is 1. The number of carbonyl (C=O) groups excluding carboxylic acids is 1. The maximum atomic E-state index is 13.9. The number of nitrogens with zero attached hydrogens (tertiary/aromatic N) is 5. The highest BCUT2D eigenvalue weighted by Gasteiger charge is 2.49. The van der Waals surface area contributed by atoms with Crippen molar-refractivity contribution in [1.29, 1.82) is 0 Å². The molecule has 0 aliphatic carbocycles. The highest BCUT2D eigenvalue weighted by Crippen LogP contribution is 2.43. The van der Waals surface area contributed by atoms with E-state index in [0.717, 1.165) is 24.2 Å². The molecule has 0 radical (unpaired) electrons. The Hall–Kier alpha value is -3.43. The van der Waals surface area contributed by atoms with Crippen molar-refractivity contribution < 1.29 is 22.7 Å². The van der Waals surface area contributed by atoms with Crippen LogP contribution in [0.2, 0.25) is 0 Å². The second kappa shape index (κ2) is 8.17. The summed E-state index contributed by atoms with van der Waals surface area (Å²) in [5, 5.41) is 4.42. The third kappa shape index (κ3) is 3.73. The summed E-state index contributed by atoms with van der Waals surface area (Å²) in [4.78, 5) is 23.5. The van der Waals surface area contributed by atoms with Gasteiger partial charge >= 0.3 is 0 Å². The molecule has 3 atom stereocenters. The normalized spacial score (nSPS) is 21.6. The minimum absolute atomic E-state index is 0.00776. The Labute approximate surface area is 188 Å². The number of hydrogen-bond acceptors (Lipinski definition) is 5. The summed E-state index contributed by atoms with van der Waals surface area (Å²) in [7, 11) is 0. The number of rotatable bonds is 5. The number of fused-ring (bicyclic) bond motifs is 2. The van der Waals surface area contributed by atoms with Gasteiger partial charge in [0.1, 0.15) is 0 Å². The molecule has 2 aliphatic rings. The van der Waals surface area contributed by atoms with Crippen LogP contribution in [0.3, 0.4) is 0 Å². The molecule has 3 aromatic rings. The maximum absolute atomic E-state index is 13.9. The van der Waals surface area contributed by atoms with Gasteiger partial charge in [-0.3, -0.25) is 4.79 Å². The van der Waals surface area contributed by atoms with Gasteiger partial charge in [0.05, 0.1) is 24.2 Å². The molecule has 172 valence electrons. The standard InChI is InChI=1S/C23H22F3N5O2/c1-12-3-5-18(30-8-7-13(2)29-30)21(28-12)23(32)31-15-4-6-17(31)14(9-15)11-33-22-20(26)19(25)16(24)10-27-22/h3,5,7-8,10,14-15,17H,4,6,9,11H2,1-2H3. The van der Waals surface area contributed by atoms with Gasteiger partial charge in [-0.05, 0) is 51.3 Å². The molecule has 3 unspecified atom stereocenters. The highest BCUT2D eigenvalue weighted by molar-refractivity contribution is 5.96. The highest BCUT2D eigenvalue weighted by atomic mass is 19.2. The van der Waals surface area contributed by atoms with E-state index in [0.29, 0.717) is 24.0 Å². The maximum Gasteiger partial charge on any atom is 0.275 e. The molecule has 33 heavy (non-hydrogen) atoms. The Morgan fingerprint density at radius 2 is 1.94 bits per heavy atom. The van der Waals surface area contributed by atoms with E-state index >= 15 is 0 Å². The summed E-state index contributed by atoms with van der Waals surface area (Å²) in [5.41, 5.74) is 2.47. The second-order valence-corrected chi connectivity index (χ2v) is 8.58. The van der Waals surface area contributed by atoms with Gasteiger partial charge in [-0.1, -0.05) is 0 Å². The zero-order chi connectivity index (χ0) is 23.3. The van der Waals surface area contributed by atoms with Crippen LogP contribution in [-0.2, 0) is 0 Å². The minimum atomic E-state index is -1.61. The van der Waals surface area contributed by atoms with Gasteiger partial charge in [0.25, 0.3) is 11.8 Å². The average Bonchev–Trinajstić information content (AvgIpc) is 3.51. The molecule has 2 saturated heterocycles. The fourth-order valence-electron chi connectivity index (χ4n) is 4.89. The third-order valence-corrected chi connectivity index (χ3v) is 6.40. The van der Waals surface area contributed by atoms with Crippen molar-refractivity contribution in [3.05, 3.63) is 65.1 Å². The van der Waals surface area contributed by atoms with Gasteiger partial charge in [-0.25, -0.2) is 23.4 Å². The lowest BCUT2D eigenvalue weighted by Crippen LogP contribution is -2.38. The molecular formula is C23H22F3N5O2. The molecule has 7 nitrogen and oxygen atoms in total. The van der Waals surface area contributed by atoms with E-state index < -0.39 is 23.3 Å². The monoisotopic (exact) mass is 457 g/mol. The summed E-state index contributed by atoms with van der Waals surface area (Å²) in [6.07, 6.45) is 4.68. The predicted molar refractivity (Wildman–Crippen MR) is 112 cm³/mol. The summed E-state index contributed by atoms with van der Waals surface area (Å²) in [6, 6.07) is 5.41. The molecule has 2 aliphatic heterocycles. The van der Waals surface area contributed by atoms with Crippen molar-refractivity contribution in [3.63, 3.8) is 0 Å².